The molecule has 0 aliphatic carbocycles. The van der Waals surface area contributed by atoms with Crippen molar-refractivity contribution in [2.24, 2.45) is 0 Å². The molecule has 8 heteroatoms. The number of aliphatic hydroxyl groups excluding tert-OH is 1. The molecule has 0 aliphatic rings. The largest absolute Gasteiger partial charge is 0.481 e. The number of rotatable bonds is 8. The number of carboxylic acids is 1. The molecule has 0 spiro atoms. The number of aliphatic hydroxyl groups is 1. The molecule has 0 saturated carbocycles. The third-order valence-corrected chi connectivity index (χ3v) is 4.65. The third kappa shape index (κ3) is 5.09. The minimum atomic E-state index is -3.73. The molecule has 21 heavy (non-hydrogen) atoms. The molecule has 0 saturated heterocycles. The van der Waals surface area contributed by atoms with Crippen LogP contribution in [0.2, 0.25) is 0 Å². The number of likely N-dealkylation sites (N-methyl/N-ethyl adjacent to an activating group) is 1. The molecule has 0 amide bonds. The second-order valence-electron chi connectivity index (χ2n) is 4.61. The zero-order valence-electron chi connectivity index (χ0n) is 11.9. The molecule has 7 nitrogen and oxygen atoms in total. The van der Waals surface area contributed by atoms with Gasteiger partial charge in [-0.05, 0) is 17.7 Å². The zero-order valence-corrected chi connectivity index (χ0v) is 12.7. The molecule has 1 atom stereocenters. The van der Waals surface area contributed by atoms with Gasteiger partial charge in [-0.25, -0.2) is 8.42 Å². The van der Waals surface area contributed by atoms with Gasteiger partial charge in [0, 0.05) is 20.7 Å². The minimum Gasteiger partial charge on any atom is -0.481 e. The maximum Gasteiger partial charge on any atom is 0.307 e. The molecule has 2 N–H and O–H groups in total. The Morgan fingerprint density at radius 1 is 1.33 bits per heavy atom. The Bertz CT molecular complexity index is 569. The summed E-state index contributed by atoms with van der Waals surface area (Å²) in [4.78, 5) is 10.6. The first kappa shape index (κ1) is 17.6. The number of nitrogens with zero attached hydrogens (tertiary/aromatic N) is 1. The van der Waals surface area contributed by atoms with E-state index < -0.39 is 22.1 Å². The number of hydrogen-bond donors (Lipinski definition) is 2. The average Bonchev–Trinajstić information content (AvgIpc) is 2.38. The first-order chi connectivity index (χ1) is 9.77. The predicted octanol–water partition coefficient (Wildman–Crippen LogP) is -0.0585. The van der Waals surface area contributed by atoms with Crippen LogP contribution in [-0.4, -0.2) is 62.3 Å². The summed E-state index contributed by atoms with van der Waals surface area (Å²) in [6.45, 7) is -0.0511. The fourth-order valence-electron chi connectivity index (χ4n) is 1.77. The summed E-state index contributed by atoms with van der Waals surface area (Å²) in [5.74, 6) is -0.981. The summed E-state index contributed by atoms with van der Waals surface area (Å²) in [5.41, 5.74) is 0.517. The fourth-order valence-corrected chi connectivity index (χ4v) is 2.98. The second-order valence-corrected chi connectivity index (χ2v) is 6.65. The van der Waals surface area contributed by atoms with Crippen LogP contribution in [0, 0.1) is 0 Å². The maximum absolute atomic E-state index is 12.3. The number of benzene rings is 1. The van der Waals surface area contributed by atoms with E-state index in [1.54, 1.807) is 0 Å². The van der Waals surface area contributed by atoms with Crippen LogP contribution in [0.25, 0.3) is 0 Å². The SMILES string of the molecule is COCC(O)CN(C)S(=O)(=O)c1ccc(CC(=O)O)cc1. The van der Waals surface area contributed by atoms with Crippen LogP contribution in [0.1, 0.15) is 5.56 Å². The van der Waals surface area contributed by atoms with Crippen molar-refractivity contribution in [1.82, 2.24) is 4.31 Å². The number of ether oxygens (including phenoxy) is 1. The highest BCUT2D eigenvalue weighted by molar-refractivity contribution is 7.89. The van der Waals surface area contributed by atoms with Gasteiger partial charge in [0.25, 0.3) is 0 Å². The van der Waals surface area contributed by atoms with Crippen LogP contribution in [0.4, 0.5) is 0 Å². The van der Waals surface area contributed by atoms with E-state index >= 15 is 0 Å². The molecular weight excluding hydrogens is 298 g/mol. The van der Waals surface area contributed by atoms with E-state index in [2.05, 4.69) is 0 Å². The summed E-state index contributed by atoms with van der Waals surface area (Å²) >= 11 is 0. The quantitative estimate of drug-likeness (QED) is 0.696. The highest BCUT2D eigenvalue weighted by Gasteiger charge is 2.23. The second kappa shape index (κ2) is 7.51. The lowest BCUT2D eigenvalue weighted by atomic mass is 10.2. The van der Waals surface area contributed by atoms with E-state index in [4.69, 9.17) is 9.84 Å². The number of carboxylic acid groups (broad SMARTS) is 1. The molecule has 1 aromatic carbocycles. The van der Waals surface area contributed by atoms with E-state index in [1.165, 1.54) is 38.4 Å². The number of methoxy groups -OCH3 is 1. The van der Waals surface area contributed by atoms with E-state index in [0.717, 1.165) is 4.31 Å². The molecular formula is C13H19NO6S. The fraction of sp³-hybridized carbons (Fsp3) is 0.462. The van der Waals surface area contributed by atoms with Crippen molar-refractivity contribution in [2.75, 3.05) is 27.3 Å². The maximum atomic E-state index is 12.3. The molecule has 0 bridgehead atoms. The average molecular weight is 317 g/mol. The van der Waals surface area contributed by atoms with Gasteiger partial charge in [0.1, 0.15) is 0 Å². The Labute approximate surface area is 123 Å². The molecule has 0 radical (unpaired) electrons. The molecule has 118 valence electrons. The molecule has 1 aromatic rings. The zero-order chi connectivity index (χ0) is 16.0. The van der Waals surface area contributed by atoms with Gasteiger partial charge in [0.2, 0.25) is 10.0 Å². The normalized spacial score (nSPS) is 13.3. The summed E-state index contributed by atoms with van der Waals surface area (Å²) < 4.78 is 30.3. The minimum absolute atomic E-state index is 0.0391. The van der Waals surface area contributed by atoms with Gasteiger partial charge >= 0.3 is 5.97 Å². The van der Waals surface area contributed by atoms with E-state index in [-0.39, 0.29) is 24.5 Å². The van der Waals surface area contributed by atoms with Gasteiger partial charge in [0.05, 0.1) is 24.0 Å². The van der Waals surface area contributed by atoms with Crippen molar-refractivity contribution in [3.05, 3.63) is 29.8 Å². The highest BCUT2D eigenvalue weighted by atomic mass is 32.2. The lowest BCUT2D eigenvalue weighted by Crippen LogP contribution is -2.36. The van der Waals surface area contributed by atoms with Crippen LogP contribution in [-0.2, 0) is 26.0 Å². The van der Waals surface area contributed by atoms with Crippen molar-refractivity contribution in [1.29, 1.82) is 0 Å². The van der Waals surface area contributed by atoms with Crippen LogP contribution < -0.4 is 0 Å². The first-order valence-electron chi connectivity index (χ1n) is 6.21. The Balaban J connectivity index is 2.84. The van der Waals surface area contributed by atoms with E-state index in [0.29, 0.717) is 5.56 Å². The Morgan fingerprint density at radius 3 is 2.38 bits per heavy atom. The van der Waals surface area contributed by atoms with Crippen LogP contribution >= 0.6 is 0 Å². The highest BCUT2D eigenvalue weighted by Crippen LogP contribution is 2.16. The summed E-state index contributed by atoms with van der Waals surface area (Å²) in [5, 5.41) is 18.2. The monoisotopic (exact) mass is 317 g/mol. The van der Waals surface area contributed by atoms with Gasteiger partial charge in [-0.1, -0.05) is 12.1 Å². The van der Waals surface area contributed by atoms with Gasteiger partial charge < -0.3 is 14.9 Å². The first-order valence-corrected chi connectivity index (χ1v) is 7.65. The molecule has 0 fully saturated rings. The number of sulfonamides is 1. The predicted molar refractivity (Wildman–Crippen MR) is 75.5 cm³/mol. The molecule has 0 heterocycles. The Kier molecular flexibility index (Phi) is 6.28. The van der Waals surface area contributed by atoms with Crippen molar-refractivity contribution in [3.63, 3.8) is 0 Å². The van der Waals surface area contributed by atoms with E-state index in [9.17, 15) is 18.3 Å². The summed E-state index contributed by atoms with van der Waals surface area (Å²) in [7, 11) is -0.951. The Morgan fingerprint density at radius 2 is 1.90 bits per heavy atom. The van der Waals surface area contributed by atoms with Gasteiger partial charge in [0.15, 0.2) is 0 Å². The smallest absolute Gasteiger partial charge is 0.307 e. The van der Waals surface area contributed by atoms with Gasteiger partial charge in [-0.3, -0.25) is 4.79 Å². The van der Waals surface area contributed by atoms with Crippen molar-refractivity contribution < 1.29 is 28.2 Å². The van der Waals surface area contributed by atoms with Crippen molar-refractivity contribution in [2.45, 2.75) is 17.4 Å². The van der Waals surface area contributed by atoms with Crippen LogP contribution in [0.15, 0.2) is 29.2 Å². The van der Waals surface area contributed by atoms with Crippen LogP contribution in [0.3, 0.4) is 0 Å². The van der Waals surface area contributed by atoms with E-state index in [1.807, 2.05) is 0 Å². The van der Waals surface area contributed by atoms with Gasteiger partial charge in [-0.15, -0.1) is 0 Å². The van der Waals surface area contributed by atoms with Crippen molar-refractivity contribution >= 4 is 16.0 Å². The molecule has 1 unspecified atom stereocenters. The van der Waals surface area contributed by atoms with Gasteiger partial charge in [-0.2, -0.15) is 4.31 Å². The number of carbonyl (C=O) groups is 1. The molecule has 0 aliphatic heterocycles. The topological polar surface area (TPSA) is 104 Å². The molecule has 1 rings (SSSR count). The lowest BCUT2D eigenvalue weighted by Gasteiger charge is -2.20. The summed E-state index contributed by atoms with van der Waals surface area (Å²) in [6, 6.07) is 5.63. The molecule has 0 aromatic heterocycles. The number of hydrogen-bond acceptors (Lipinski definition) is 5. The standard InChI is InChI=1S/C13H19NO6S/c1-14(8-11(15)9-20-2)21(18,19)12-5-3-10(4-6-12)7-13(16)17/h3-6,11,15H,7-9H2,1-2H3,(H,16,17). The Hall–Kier alpha value is -1.48. The summed E-state index contributed by atoms with van der Waals surface area (Å²) in [6.07, 6.45) is -1.08. The third-order valence-electron chi connectivity index (χ3n) is 2.81. The van der Waals surface area contributed by atoms with Crippen molar-refractivity contribution in [3.8, 4) is 0 Å². The number of aliphatic carboxylic acids is 1. The lowest BCUT2D eigenvalue weighted by molar-refractivity contribution is -0.136. The van der Waals surface area contributed by atoms with Crippen LogP contribution in [0.5, 0.6) is 0 Å².